The zero-order valence-corrected chi connectivity index (χ0v) is 19.3. The molecule has 0 amide bonds. The van der Waals surface area contributed by atoms with E-state index in [0.717, 1.165) is 51.4 Å². The highest BCUT2D eigenvalue weighted by Gasteiger charge is 2.35. The monoisotopic (exact) mass is 430 g/mol. The van der Waals surface area contributed by atoms with Gasteiger partial charge in [-0.05, 0) is 19.3 Å². The van der Waals surface area contributed by atoms with Gasteiger partial charge in [-0.1, -0.05) is 66.2 Å². The highest BCUT2D eigenvalue weighted by Crippen LogP contribution is 2.21. The molecule has 0 rings (SSSR count). The van der Waals surface area contributed by atoms with Gasteiger partial charge in [-0.3, -0.25) is 14.4 Å². The predicted molar refractivity (Wildman–Crippen MR) is 115 cm³/mol. The fraction of sp³-hybridized carbons (Fsp3) is 0.870. The van der Waals surface area contributed by atoms with E-state index in [4.69, 9.17) is 14.2 Å². The van der Waals surface area contributed by atoms with Crippen LogP contribution in [0.15, 0.2) is 0 Å². The van der Waals surface area contributed by atoms with Gasteiger partial charge in [-0.25, -0.2) is 0 Å². The number of rotatable bonds is 18. The lowest BCUT2D eigenvalue weighted by atomic mass is 9.91. The van der Waals surface area contributed by atoms with E-state index < -0.39 is 35.8 Å². The molecule has 0 saturated carbocycles. The van der Waals surface area contributed by atoms with E-state index in [1.807, 2.05) is 0 Å². The molecule has 0 bridgehead atoms. The van der Waals surface area contributed by atoms with E-state index in [1.165, 1.54) is 0 Å². The second-order valence-corrected chi connectivity index (χ2v) is 7.80. The van der Waals surface area contributed by atoms with Gasteiger partial charge in [0.05, 0.1) is 37.6 Å². The maximum absolute atomic E-state index is 12.6. The highest BCUT2D eigenvalue weighted by molar-refractivity contribution is 5.85. The Morgan fingerprint density at radius 3 is 1.80 bits per heavy atom. The highest BCUT2D eigenvalue weighted by atomic mass is 16.5. The standard InChI is InChI=1S/C23H42O7/c1-5-8-10-12-14-28-22(26)18(4)20(16-21(25)30-17-19(24)7-3)23(27)29-15-13-11-9-6-2/h18-20,24H,5-17H2,1-4H3. The van der Waals surface area contributed by atoms with Crippen molar-refractivity contribution in [3.8, 4) is 0 Å². The molecule has 0 radical (unpaired) electrons. The maximum Gasteiger partial charge on any atom is 0.310 e. The number of carbonyl (C=O) groups is 3. The molecule has 1 N–H and O–H groups in total. The van der Waals surface area contributed by atoms with Gasteiger partial charge < -0.3 is 19.3 Å². The maximum atomic E-state index is 12.6. The van der Waals surface area contributed by atoms with Crippen LogP contribution in [-0.2, 0) is 28.6 Å². The first-order valence-electron chi connectivity index (χ1n) is 11.5. The third-order valence-corrected chi connectivity index (χ3v) is 5.06. The van der Waals surface area contributed by atoms with Crippen molar-refractivity contribution in [2.75, 3.05) is 19.8 Å². The molecular weight excluding hydrogens is 388 g/mol. The molecule has 0 fully saturated rings. The Bertz CT molecular complexity index is 478. The summed E-state index contributed by atoms with van der Waals surface area (Å²) in [5.41, 5.74) is 0. The van der Waals surface area contributed by atoms with Crippen molar-refractivity contribution >= 4 is 17.9 Å². The number of esters is 3. The van der Waals surface area contributed by atoms with Gasteiger partial charge in [0.2, 0.25) is 0 Å². The summed E-state index contributed by atoms with van der Waals surface area (Å²) < 4.78 is 15.7. The van der Waals surface area contributed by atoms with Crippen LogP contribution in [0.4, 0.5) is 0 Å². The molecular formula is C23H42O7. The lowest BCUT2D eigenvalue weighted by molar-refractivity contribution is -0.164. The lowest BCUT2D eigenvalue weighted by Gasteiger charge is -2.21. The molecule has 3 atom stereocenters. The molecule has 30 heavy (non-hydrogen) atoms. The molecule has 0 aromatic heterocycles. The summed E-state index contributed by atoms with van der Waals surface area (Å²) >= 11 is 0. The average Bonchev–Trinajstić information content (AvgIpc) is 2.74. The molecule has 0 aliphatic rings. The van der Waals surface area contributed by atoms with E-state index in [-0.39, 0.29) is 19.6 Å². The molecule has 3 unspecified atom stereocenters. The van der Waals surface area contributed by atoms with Crippen LogP contribution in [0.1, 0.15) is 91.9 Å². The van der Waals surface area contributed by atoms with E-state index in [0.29, 0.717) is 13.0 Å². The van der Waals surface area contributed by atoms with Gasteiger partial charge in [0, 0.05) is 0 Å². The number of ether oxygens (including phenoxy) is 3. The number of aliphatic hydroxyl groups excluding tert-OH is 1. The summed E-state index contributed by atoms with van der Waals surface area (Å²) in [5, 5.41) is 9.55. The fourth-order valence-electron chi connectivity index (χ4n) is 2.82. The smallest absolute Gasteiger partial charge is 0.310 e. The Morgan fingerprint density at radius 1 is 0.767 bits per heavy atom. The van der Waals surface area contributed by atoms with Gasteiger partial charge >= 0.3 is 17.9 Å². The van der Waals surface area contributed by atoms with Gasteiger partial charge in [-0.2, -0.15) is 0 Å². The van der Waals surface area contributed by atoms with Crippen LogP contribution in [0.3, 0.4) is 0 Å². The average molecular weight is 431 g/mol. The minimum atomic E-state index is -0.967. The molecule has 0 heterocycles. The van der Waals surface area contributed by atoms with Crippen molar-refractivity contribution in [2.45, 2.75) is 98.0 Å². The van der Waals surface area contributed by atoms with Crippen LogP contribution in [0, 0.1) is 11.8 Å². The van der Waals surface area contributed by atoms with Crippen molar-refractivity contribution in [3.63, 3.8) is 0 Å². The van der Waals surface area contributed by atoms with Gasteiger partial charge in [0.15, 0.2) is 0 Å². The third kappa shape index (κ3) is 13.6. The first-order valence-corrected chi connectivity index (χ1v) is 11.5. The summed E-state index contributed by atoms with van der Waals surface area (Å²) in [6, 6.07) is 0. The number of hydrogen-bond donors (Lipinski definition) is 1. The summed E-state index contributed by atoms with van der Waals surface area (Å²) in [5.74, 6) is -3.53. The molecule has 0 saturated heterocycles. The SMILES string of the molecule is CCCCCCOC(=O)C(C)C(CC(=O)OCC(O)CC)C(=O)OCCCCCC. The molecule has 0 aromatic carbocycles. The topological polar surface area (TPSA) is 99.1 Å². The number of aliphatic hydroxyl groups is 1. The summed E-state index contributed by atoms with van der Waals surface area (Å²) in [6.07, 6.45) is 7.19. The molecule has 176 valence electrons. The van der Waals surface area contributed by atoms with Crippen molar-refractivity contribution < 1.29 is 33.7 Å². The minimum absolute atomic E-state index is 0.135. The molecule has 0 aliphatic carbocycles. The number of carbonyl (C=O) groups excluding carboxylic acids is 3. The first kappa shape index (κ1) is 28.4. The van der Waals surface area contributed by atoms with E-state index in [9.17, 15) is 19.5 Å². The van der Waals surface area contributed by atoms with E-state index >= 15 is 0 Å². The minimum Gasteiger partial charge on any atom is -0.465 e. The predicted octanol–water partition coefficient (Wildman–Crippen LogP) is 4.19. The molecule has 0 spiro atoms. The van der Waals surface area contributed by atoms with Crippen molar-refractivity contribution in [2.24, 2.45) is 11.8 Å². The quantitative estimate of drug-likeness (QED) is 0.198. The van der Waals surface area contributed by atoms with E-state index in [2.05, 4.69) is 13.8 Å². The summed E-state index contributed by atoms with van der Waals surface area (Å²) in [6.45, 7) is 7.97. The Morgan fingerprint density at radius 2 is 1.30 bits per heavy atom. The molecule has 7 heteroatoms. The lowest BCUT2D eigenvalue weighted by Crippen LogP contribution is -2.33. The molecule has 0 aliphatic heterocycles. The van der Waals surface area contributed by atoms with Gasteiger partial charge in [-0.15, -0.1) is 0 Å². The Kier molecular flexibility index (Phi) is 17.2. The zero-order valence-electron chi connectivity index (χ0n) is 19.3. The molecule has 0 aromatic rings. The van der Waals surface area contributed by atoms with Crippen LogP contribution in [0.5, 0.6) is 0 Å². The normalized spacial score (nSPS) is 13.9. The number of unbranched alkanes of at least 4 members (excludes halogenated alkanes) is 6. The van der Waals surface area contributed by atoms with Gasteiger partial charge in [0.25, 0.3) is 0 Å². The third-order valence-electron chi connectivity index (χ3n) is 5.06. The second kappa shape index (κ2) is 18.2. The van der Waals surface area contributed by atoms with Crippen LogP contribution < -0.4 is 0 Å². The van der Waals surface area contributed by atoms with Crippen molar-refractivity contribution in [3.05, 3.63) is 0 Å². The summed E-state index contributed by atoms with van der Waals surface area (Å²) in [7, 11) is 0. The number of hydrogen-bond acceptors (Lipinski definition) is 7. The second-order valence-electron chi connectivity index (χ2n) is 7.80. The van der Waals surface area contributed by atoms with Crippen molar-refractivity contribution in [1.29, 1.82) is 0 Å². The zero-order chi connectivity index (χ0) is 22.8. The van der Waals surface area contributed by atoms with Crippen LogP contribution in [0.2, 0.25) is 0 Å². The van der Waals surface area contributed by atoms with Crippen molar-refractivity contribution in [1.82, 2.24) is 0 Å². The summed E-state index contributed by atoms with van der Waals surface area (Å²) in [4.78, 5) is 37.1. The molecule has 7 nitrogen and oxygen atoms in total. The fourth-order valence-corrected chi connectivity index (χ4v) is 2.82. The first-order chi connectivity index (χ1) is 14.4. The Hall–Kier alpha value is -1.63. The Labute approximate surface area is 181 Å². The van der Waals surface area contributed by atoms with Gasteiger partial charge in [0.1, 0.15) is 6.61 Å². The van der Waals surface area contributed by atoms with Crippen LogP contribution >= 0.6 is 0 Å². The Balaban J connectivity index is 4.78. The van der Waals surface area contributed by atoms with E-state index in [1.54, 1.807) is 13.8 Å². The van der Waals surface area contributed by atoms with Crippen LogP contribution in [-0.4, -0.2) is 48.9 Å². The van der Waals surface area contributed by atoms with Crippen LogP contribution in [0.25, 0.3) is 0 Å². The largest absolute Gasteiger partial charge is 0.465 e.